The Balaban J connectivity index is 1.24. The number of ether oxygens (including phenoxy) is 1. The van der Waals surface area contributed by atoms with Gasteiger partial charge in [-0.3, -0.25) is 0 Å². The van der Waals surface area contributed by atoms with Gasteiger partial charge in [0.25, 0.3) is 0 Å². The van der Waals surface area contributed by atoms with Crippen molar-refractivity contribution in [3.63, 3.8) is 0 Å². The van der Waals surface area contributed by atoms with Gasteiger partial charge >= 0.3 is 0 Å². The standard InChI is InChI=1S/C19H33NO/c1-18(2)15-8-9-19(18,3)16(12-15)21-11-10-20-17(13-4-5-13)14-6-7-14/h13-17,20H,4-12H2,1-3H3. The Morgan fingerprint density at radius 1 is 1.05 bits per heavy atom. The molecule has 0 radical (unpaired) electrons. The average molecular weight is 291 g/mol. The Labute approximate surface area is 130 Å². The van der Waals surface area contributed by atoms with Gasteiger partial charge in [0.1, 0.15) is 0 Å². The molecule has 2 bridgehead atoms. The smallest absolute Gasteiger partial charge is 0.0637 e. The summed E-state index contributed by atoms with van der Waals surface area (Å²) in [6.45, 7) is 9.41. The van der Waals surface area contributed by atoms with Crippen LogP contribution in [0.25, 0.3) is 0 Å². The van der Waals surface area contributed by atoms with E-state index in [0.717, 1.165) is 36.9 Å². The molecule has 0 spiro atoms. The molecule has 4 rings (SSSR count). The molecular formula is C19H33NO. The third-order valence-corrected chi connectivity index (χ3v) is 7.77. The summed E-state index contributed by atoms with van der Waals surface area (Å²) >= 11 is 0. The van der Waals surface area contributed by atoms with E-state index in [0.29, 0.717) is 16.9 Å². The van der Waals surface area contributed by atoms with E-state index in [1.165, 1.54) is 44.9 Å². The lowest BCUT2D eigenvalue weighted by molar-refractivity contribution is -0.0456. The van der Waals surface area contributed by atoms with Crippen LogP contribution in [0.1, 0.15) is 65.7 Å². The van der Waals surface area contributed by atoms with Gasteiger partial charge in [0.05, 0.1) is 12.7 Å². The molecule has 4 saturated carbocycles. The maximum Gasteiger partial charge on any atom is 0.0637 e. The van der Waals surface area contributed by atoms with E-state index in [2.05, 4.69) is 26.1 Å². The van der Waals surface area contributed by atoms with E-state index in [1.54, 1.807) is 0 Å². The summed E-state index contributed by atoms with van der Waals surface area (Å²) in [5.41, 5.74) is 0.902. The second-order valence-corrected chi connectivity index (χ2v) is 9.12. The molecule has 120 valence electrons. The molecule has 2 heteroatoms. The lowest BCUT2D eigenvalue weighted by Crippen LogP contribution is -2.40. The normalized spacial score (nSPS) is 41.1. The van der Waals surface area contributed by atoms with E-state index in [-0.39, 0.29) is 0 Å². The Bertz CT molecular complexity index is 386. The molecule has 1 N–H and O–H groups in total. The van der Waals surface area contributed by atoms with E-state index in [9.17, 15) is 0 Å². The quantitative estimate of drug-likeness (QED) is 0.716. The van der Waals surface area contributed by atoms with Crippen molar-refractivity contribution in [1.82, 2.24) is 5.32 Å². The Kier molecular flexibility index (Phi) is 3.43. The number of hydrogen-bond donors (Lipinski definition) is 1. The predicted molar refractivity (Wildman–Crippen MR) is 86.2 cm³/mol. The molecule has 0 amide bonds. The van der Waals surface area contributed by atoms with E-state index in [4.69, 9.17) is 4.74 Å². The summed E-state index contributed by atoms with van der Waals surface area (Å²) < 4.78 is 6.36. The highest BCUT2D eigenvalue weighted by molar-refractivity contribution is 5.11. The first-order valence-corrected chi connectivity index (χ1v) is 9.37. The fourth-order valence-corrected chi connectivity index (χ4v) is 5.44. The maximum absolute atomic E-state index is 6.36. The summed E-state index contributed by atoms with van der Waals surface area (Å²) in [6.07, 6.45) is 10.5. The number of hydrogen-bond acceptors (Lipinski definition) is 2. The van der Waals surface area contributed by atoms with Gasteiger partial charge in [0, 0.05) is 12.6 Å². The molecule has 0 aromatic carbocycles. The summed E-state index contributed by atoms with van der Waals surface area (Å²) in [6, 6.07) is 0.820. The van der Waals surface area contributed by atoms with E-state index < -0.39 is 0 Å². The summed E-state index contributed by atoms with van der Waals surface area (Å²) in [5, 5.41) is 3.82. The summed E-state index contributed by atoms with van der Waals surface area (Å²) in [7, 11) is 0. The van der Waals surface area contributed by atoms with Crippen molar-refractivity contribution < 1.29 is 4.74 Å². The minimum Gasteiger partial charge on any atom is -0.376 e. The zero-order valence-corrected chi connectivity index (χ0v) is 14.2. The van der Waals surface area contributed by atoms with Gasteiger partial charge in [-0.2, -0.15) is 0 Å². The minimum atomic E-state index is 0.421. The first-order valence-electron chi connectivity index (χ1n) is 9.37. The molecule has 4 aliphatic carbocycles. The Morgan fingerprint density at radius 2 is 1.71 bits per heavy atom. The monoisotopic (exact) mass is 291 g/mol. The molecule has 0 aliphatic heterocycles. The summed E-state index contributed by atoms with van der Waals surface area (Å²) in [4.78, 5) is 0. The van der Waals surface area contributed by atoms with Crippen molar-refractivity contribution in [2.45, 2.75) is 77.9 Å². The minimum absolute atomic E-state index is 0.421. The predicted octanol–water partition coefficient (Wildman–Crippen LogP) is 4.00. The van der Waals surface area contributed by atoms with Crippen molar-refractivity contribution in [2.24, 2.45) is 28.6 Å². The van der Waals surface area contributed by atoms with E-state index in [1.807, 2.05) is 0 Å². The molecule has 0 saturated heterocycles. The van der Waals surface area contributed by atoms with Crippen LogP contribution in [0.15, 0.2) is 0 Å². The van der Waals surface area contributed by atoms with Crippen LogP contribution in [0.4, 0.5) is 0 Å². The maximum atomic E-state index is 6.36. The molecule has 3 unspecified atom stereocenters. The molecular weight excluding hydrogens is 258 g/mol. The highest BCUT2D eigenvalue weighted by Crippen LogP contribution is 2.66. The van der Waals surface area contributed by atoms with Gasteiger partial charge in [-0.05, 0) is 73.5 Å². The number of nitrogens with one attached hydrogen (secondary N) is 1. The Morgan fingerprint density at radius 3 is 2.19 bits per heavy atom. The van der Waals surface area contributed by atoms with Crippen molar-refractivity contribution in [3.05, 3.63) is 0 Å². The van der Waals surface area contributed by atoms with Crippen molar-refractivity contribution >= 4 is 0 Å². The zero-order valence-electron chi connectivity index (χ0n) is 14.2. The molecule has 2 nitrogen and oxygen atoms in total. The van der Waals surface area contributed by atoms with Crippen molar-refractivity contribution in [1.29, 1.82) is 0 Å². The molecule has 4 aliphatic rings. The molecule has 0 heterocycles. The molecule has 0 aromatic rings. The van der Waals surface area contributed by atoms with Crippen LogP contribution in [-0.4, -0.2) is 25.3 Å². The Hall–Kier alpha value is -0.0800. The van der Waals surface area contributed by atoms with Crippen LogP contribution in [0.5, 0.6) is 0 Å². The summed E-state index contributed by atoms with van der Waals surface area (Å²) in [5.74, 6) is 2.89. The van der Waals surface area contributed by atoms with Crippen LogP contribution in [0.2, 0.25) is 0 Å². The number of rotatable bonds is 7. The third-order valence-electron chi connectivity index (χ3n) is 7.77. The van der Waals surface area contributed by atoms with Gasteiger partial charge in [-0.15, -0.1) is 0 Å². The molecule has 4 fully saturated rings. The second kappa shape index (κ2) is 4.96. The zero-order chi connectivity index (χ0) is 14.7. The first kappa shape index (κ1) is 14.5. The lowest BCUT2D eigenvalue weighted by atomic mass is 9.70. The molecule has 0 aromatic heterocycles. The van der Waals surface area contributed by atoms with Crippen LogP contribution in [0, 0.1) is 28.6 Å². The van der Waals surface area contributed by atoms with Crippen LogP contribution in [-0.2, 0) is 4.74 Å². The van der Waals surface area contributed by atoms with Gasteiger partial charge < -0.3 is 10.1 Å². The first-order chi connectivity index (χ1) is 10.0. The fourth-order valence-electron chi connectivity index (χ4n) is 5.44. The highest BCUT2D eigenvalue weighted by Gasteiger charge is 2.61. The van der Waals surface area contributed by atoms with Crippen LogP contribution in [0.3, 0.4) is 0 Å². The lowest BCUT2D eigenvalue weighted by Gasteiger charge is -2.39. The third kappa shape index (κ3) is 2.37. The molecule has 3 atom stereocenters. The number of fused-ring (bicyclic) bond motifs is 2. The van der Waals surface area contributed by atoms with Gasteiger partial charge in [0.2, 0.25) is 0 Å². The van der Waals surface area contributed by atoms with E-state index >= 15 is 0 Å². The van der Waals surface area contributed by atoms with Crippen LogP contribution < -0.4 is 5.32 Å². The van der Waals surface area contributed by atoms with Crippen molar-refractivity contribution in [2.75, 3.05) is 13.2 Å². The van der Waals surface area contributed by atoms with Gasteiger partial charge in [0.15, 0.2) is 0 Å². The highest BCUT2D eigenvalue weighted by atomic mass is 16.5. The van der Waals surface area contributed by atoms with Crippen molar-refractivity contribution in [3.8, 4) is 0 Å². The van der Waals surface area contributed by atoms with Crippen LogP contribution >= 0.6 is 0 Å². The molecule has 21 heavy (non-hydrogen) atoms. The average Bonchev–Trinajstić information content (AvgIpc) is 3.34. The topological polar surface area (TPSA) is 21.3 Å². The van der Waals surface area contributed by atoms with Gasteiger partial charge in [-0.1, -0.05) is 20.8 Å². The second-order valence-electron chi connectivity index (χ2n) is 9.12. The largest absolute Gasteiger partial charge is 0.376 e. The fraction of sp³-hybridized carbons (Fsp3) is 1.00. The SMILES string of the molecule is CC1(C)C2CCC1(C)C(OCCNC(C1CC1)C1CC1)C2. The van der Waals surface area contributed by atoms with Gasteiger partial charge in [-0.25, -0.2) is 0 Å².